The minimum atomic E-state index is -0.769. The number of hydrogen-bond acceptors (Lipinski definition) is 4. The Kier molecular flexibility index (Phi) is 7.07. The molecule has 0 radical (unpaired) electrons. The van der Waals surface area contributed by atoms with Gasteiger partial charge in [-0.15, -0.1) is 0 Å². The van der Waals surface area contributed by atoms with Crippen LogP contribution >= 0.6 is 0 Å². The van der Waals surface area contributed by atoms with Crippen LogP contribution in [0.15, 0.2) is 0 Å². The standard InChI is InChI=1S/C16H29NO4/c1-10(2)13(18)9-12(14(19)11(3)4)17(8)15(20)21-16(5,6)7/h10-12H,9H2,1-8H3. The van der Waals surface area contributed by atoms with E-state index in [0.717, 1.165) is 0 Å². The van der Waals surface area contributed by atoms with Gasteiger partial charge >= 0.3 is 6.09 Å². The SMILES string of the molecule is CC(C)C(=O)CC(C(=O)C(C)C)N(C)C(=O)OC(C)(C)C. The van der Waals surface area contributed by atoms with Gasteiger partial charge in [0.25, 0.3) is 0 Å². The molecule has 21 heavy (non-hydrogen) atoms. The van der Waals surface area contributed by atoms with Crippen molar-refractivity contribution < 1.29 is 19.1 Å². The molecule has 1 amide bonds. The Morgan fingerprint density at radius 3 is 1.81 bits per heavy atom. The minimum Gasteiger partial charge on any atom is -0.444 e. The molecule has 0 aliphatic heterocycles. The monoisotopic (exact) mass is 299 g/mol. The topological polar surface area (TPSA) is 63.7 Å². The first-order valence-electron chi connectivity index (χ1n) is 7.39. The number of carbonyl (C=O) groups is 3. The van der Waals surface area contributed by atoms with E-state index in [4.69, 9.17) is 4.74 Å². The van der Waals surface area contributed by atoms with Crippen molar-refractivity contribution in [3.63, 3.8) is 0 Å². The van der Waals surface area contributed by atoms with Crippen LogP contribution in [0, 0.1) is 11.8 Å². The molecule has 0 rings (SSSR count). The van der Waals surface area contributed by atoms with Gasteiger partial charge in [-0.1, -0.05) is 27.7 Å². The molecule has 0 fully saturated rings. The maximum absolute atomic E-state index is 12.3. The van der Waals surface area contributed by atoms with Crippen LogP contribution < -0.4 is 0 Å². The second kappa shape index (κ2) is 7.57. The highest BCUT2D eigenvalue weighted by atomic mass is 16.6. The van der Waals surface area contributed by atoms with Crippen LogP contribution in [-0.2, 0) is 14.3 Å². The molecule has 0 aromatic rings. The molecule has 0 spiro atoms. The van der Waals surface area contributed by atoms with Gasteiger partial charge in [-0.3, -0.25) is 9.59 Å². The average Bonchev–Trinajstić information content (AvgIpc) is 2.31. The first-order valence-corrected chi connectivity index (χ1v) is 7.39. The lowest BCUT2D eigenvalue weighted by molar-refractivity contribution is -0.132. The summed E-state index contributed by atoms with van der Waals surface area (Å²) in [5.41, 5.74) is -0.640. The number of Topliss-reactive ketones (excluding diaryl/α,β-unsaturated/α-hetero) is 2. The van der Waals surface area contributed by atoms with E-state index in [1.807, 2.05) is 0 Å². The predicted molar refractivity (Wildman–Crippen MR) is 82.1 cm³/mol. The molecule has 0 saturated heterocycles. The lowest BCUT2D eigenvalue weighted by atomic mass is 9.93. The molecule has 0 saturated carbocycles. The van der Waals surface area contributed by atoms with Crippen LogP contribution in [0.2, 0.25) is 0 Å². The Morgan fingerprint density at radius 2 is 1.48 bits per heavy atom. The van der Waals surface area contributed by atoms with Crippen LogP contribution in [0.25, 0.3) is 0 Å². The molecule has 0 aromatic heterocycles. The van der Waals surface area contributed by atoms with E-state index in [-0.39, 0.29) is 29.8 Å². The van der Waals surface area contributed by atoms with Crippen molar-refractivity contribution in [3.8, 4) is 0 Å². The fourth-order valence-corrected chi connectivity index (χ4v) is 1.70. The van der Waals surface area contributed by atoms with Gasteiger partial charge < -0.3 is 9.64 Å². The van der Waals surface area contributed by atoms with Gasteiger partial charge in [0.05, 0.1) is 0 Å². The number of rotatable bonds is 6. The van der Waals surface area contributed by atoms with Crippen molar-refractivity contribution in [1.82, 2.24) is 4.90 Å². The molecule has 0 aromatic carbocycles. The third-order valence-corrected chi connectivity index (χ3v) is 3.08. The molecular formula is C16H29NO4. The van der Waals surface area contributed by atoms with Crippen molar-refractivity contribution in [2.24, 2.45) is 11.8 Å². The fraction of sp³-hybridized carbons (Fsp3) is 0.812. The van der Waals surface area contributed by atoms with Gasteiger partial charge in [0.15, 0.2) is 5.78 Å². The van der Waals surface area contributed by atoms with Crippen molar-refractivity contribution in [2.45, 2.75) is 66.5 Å². The first kappa shape index (κ1) is 19.6. The maximum atomic E-state index is 12.3. The Labute approximate surface area is 128 Å². The zero-order valence-corrected chi connectivity index (χ0v) is 14.5. The number of likely N-dealkylation sites (N-methyl/N-ethyl adjacent to an activating group) is 1. The largest absolute Gasteiger partial charge is 0.444 e. The Morgan fingerprint density at radius 1 is 1.00 bits per heavy atom. The van der Waals surface area contributed by atoms with Gasteiger partial charge in [0, 0.05) is 25.3 Å². The molecule has 0 bridgehead atoms. The molecule has 0 aliphatic carbocycles. The van der Waals surface area contributed by atoms with E-state index < -0.39 is 17.7 Å². The second-order valence-electron chi connectivity index (χ2n) is 6.99. The van der Waals surface area contributed by atoms with Crippen molar-refractivity contribution in [1.29, 1.82) is 0 Å². The summed E-state index contributed by atoms with van der Waals surface area (Å²) in [6, 6.07) is -0.769. The zero-order chi connectivity index (χ0) is 17.0. The number of ether oxygens (including phenoxy) is 1. The molecule has 0 aliphatic rings. The molecule has 0 heterocycles. The van der Waals surface area contributed by atoms with E-state index in [0.29, 0.717) is 0 Å². The summed E-state index contributed by atoms with van der Waals surface area (Å²) in [5.74, 6) is -0.582. The summed E-state index contributed by atoms with van der Waals surface area (Å²) in [6.45, 7) is 12.4. The fourth-order valence-electron chi connectivity index (χ4n) is 1.70. The van der Waals surface area contributed by atoms with E-state index in [1.165, 1.54) is 11.9 Å². The summed E-state index contributed by atoms with van der Waals surface area (Å²) in [4.78, 5) is 37.6. The highest BCUT2D eigenvalue weighted by molar-refractivity contribution is 5.94. The summed E-state index contributed by atoms with van der Waals surface area (Å²) in [7, 11) is 1.51. The molecular weight excluding hydrogens is 270 g/mol. The van der Waals surface area contributed by atoms with Crippen molar-refractivity contribution >= 4 is 17.7 Å². The number of hydrogen-bond donors (Lipinski definition) is 0. The zero-order valence-electron chi connectivity index (χ0n) is 14.5. The van der Waals surface area contributed by atoms with E-state index in [2.05, 4.69) is 0 Å². The van der Waals surface area contributed by atoms with Crippen LogP contribution in [-0.4, -0.2) is 41.3 Å². The van der Waals surface area contributed by atoms with Crippen molar-refractivity contribution in [3.05, 3.63) is 0 Å². The van der Waals surface area contributed by atoms with E-state index in [1.54, 1.807) is 48.5 Å². The highest BCUT2D eigenvalue weighted by Crippen LogP contribution is 2.17. The number of carbonyl (C=O) groups excluding carboxylic acids is 3. The van der Waals surface area contributed by atoms with Crippen molar-refractivity contribution in [2.75, 3.05) is 7.05 Å². The summed E-state index contributed by atoms with van der Waals surface area (Å²) >= 11 is 0. The number of nitrogens with zero attached hydrogens (tertiary/aromatic N) is 1. The quantitative estimate of drug-likeness (QED) is 0.756. The molecule has 5 nitrogen and oxygen atoms in total. The van der Waals surface area contributed by atoms with Crippen LogP contribution in [0.1, 0.15) is 54.9 Å². The predicted octanol–water partition coefficient (Wildman–Crippen LogP) is 3.06. The lowest BCUT2D eigenvalue weighted by Gasteiger charge is -2.30. The van der Waals surface area contributed by atoms with E-state index in [9.17, 15) is 14.4 Å². The van der Waals surface area contributed by atoms with Crippen LogP contribution in [0.3, 0.4) is 0 Å². The van der Waals surface area contributed by atoms with Crippen LogP contribution in [0.5, 0.6) is 0 Å². The Hall–Kier alpha value is -1.39. The van der Waals surface area contributed by atoms with E-state index >= 15 is 0 Å². The lowest BCUT2D eigenvalue weighted by Crippen LogP contribution is -2.47. The van der Waals surface area contributed by atoms with Gasteiger partial charge in [-0.25, -0.2) is 4.79 Å². The van der Waals surface area contributed by atoms with Gasteiger partial charge in [0.1, 0.15) is 17.4 Å². The summed E-state index contributed by atoms with van der Waals surface area (Å²) in [6.07, 6.45) is -0.553. The molecule has 5 heteroatoms. The summed E-state index contributed by atoms with van der Waals surface area (Å²) < 4.78 is 5.28. The third kappa shape index (κ3) is 6.74. The first-order chi connectivity index (χ1) is 9.36. The Bertz CT molecular complexity index is 394. The molecule has 0 N–H and O–H groups in total. The van der Waals surface area contributed by atoms with Gasteiger partial charge in [-0.05, 0) is 20.8 Å². The number of ketones is 2. The smallest absolute Gasteiger partial charge is 0.410 e. The molecule has 1 atom stereocenters. The molecule has 1 unspecified atom stereocenters. The van der Waals surface area contributed by atoms with Gasteiger partial charge in [0.2, 0.25) is 0 Å². The minimum absolute atomic E-state index is 0.0322. The Balaban J connectivity index is 5.16. The highest BCUT2D eigenvalue weighted by Gasteiger charge is 2.33. The number of amides is 1. The second-order valence-corrected chi connectivity index (χ2v) is 6.99. The van der Waals surface area contributed by atoms with Gasteiger partial charge in [-0.2, -0.15) is 0 Å². The third-order valence-electron chi connectivity index (χ3n) is 3.08. The summed E-state index contributed by atoms with van der Waals surface area (Å²) in [5, 5.41) is 0. The average molecular weight is 299 g/mol. The maximum Gasteiger partial charge on any atom is 0.410 e. The molecule has 122 valence electrons. The normalized spacial score (nSPS) is 13.2. The van der Waals surface area contributed by atoms with Crippen LogP contribution in [0.4, 0.5) is 4.79 Å².